The molecule has 0 spiro atoms. The Morgan fingerprint density at radius 2 is 2.00 bits per heavy atom. The van der Waals surface area contributed by atoms with Gasteiger partial charge in [-0.3, -0.25) is 0 Å². The number of ether oxygens (including phenoxy) is 1. The highest BCUT2D eigenvalue weighted by Gasteiger charge is 2.08. The minimum Gasteiger partial charge on any atom is -0.494 e. The normalized spacial score (nSPS) is 10.4. The van der Waals surface area contributed by atoms with E-state index in [0.717, 1.165) is 21.9 Å². The highest BCUT2D eigenvalue weighted by Crippen LogP contribution is 2.30. The number of halogens is 1. The molecule has 1 aromatic carbocycles. The van der Waals surface area contributed by atoms with E-state index in [1.807, 2.05) is 38.1 Å². The van der Waals surface area contributed by atoms with Crippen LogP contribution in [0.15, 0.2) is 24.3 Å². The molecule has 0 saturated carbocycles. The number of hydrogen-bond acceptors (Lipinski definition) is 3. The fraction of sp³-hybridized carbons (Fsp3) is 0.250. The van der Waals surface area contributed by atoms with Gasteiger partial charge in [-0.1, -0.05) is 11.6 Å². The molecule has 16 heavy (non-hydrogen) atoms. The molecule has 0 aliphatic carbocycles. The minimum atomic E-state index is 0.585. The average molecular weight is 254 g/mol. The number of rotatable bonds is 3. The molecule has 0 atom stereocenters. The Morgan fingerprint density at radius 3 is 2.50 bits per heavy atom. The molecule has 0 aliphatic heterocycles. The first-order valence-electron chi connectivity index (χ1n) is 5.07. The molecule has 1 heterocycles. The quantitative estimate of drug-likeness (QED) is 0.819. The predicted molar refractivity (Wildman–Crippen MR) is 68.5 cm³/mol. The van der Waals surface area contributed by atoms with Gasteiger partial charge in [0.15, 0.2) is 4.47 Å². The summed E-state index contributed by atoms with van der Waals surface area (Å²) in [6, 6.07) is 7.91. The molecule has 2 nitrogen and oxygen atoms in total. The van der Waals surface area contributed by atoms with Crippen molar-refractivity contribution in [3.05, 3.63) is 33.6 Å². The number of hydrogen-bond donors (Lipinski definition) is 0. The van der Waals surface area contributed by atoms with E-state index >= 15 is 0 Å². The van der Waals surface area contributed by atoms with E-state index in [9.17, 15) is 0 Å². The zero-order chi connectivity index (χ0) is 11.5. The van der Waals surface area contributed by atoms with Crippen LogP contribution in [0.2, 0.25) is 4.47 Å². The zero-order valence-corrected chi connectivity index (χ0v) is 10.7. The monoisotopic (exact) mass is 253 g/mol. The van der Waals surface area contributed by atoms with E-state index in [0.29, 0.717) is 11.1 Å². The van der Waals surface area contributed by atoms with Crippen molar-refractivity contribution in [2.75, 3.05) is 6.61 Å². The van der Waals surface area contributed by atoms with Gasteiger partial charge in [0.1, 0.15) is 5.75 Å². The first-order chi connectivity index (χ1) is 7.70. The van der Waals surface area contributed by atoms with Crippen LogP contribution in [0.25, 0.3) is 11.3 Å². The van der Waals surface area contributed by atoms with Gasteiger partial charge in [-0.15, -0.1) is 11.3 Å². The number of thiazole rings is 1. The van der Waals surface area contributed by atoms with E-state index in [4.69, 9.17) is 16.3 Å². The summed E-state index contributed by atoms with van der Waals surface area (Å²) in [4.78, 5) is 5.43. The molecule has 0 amide bonds. The van der Waals surface area contributed by atoms with Gasteiger partial charge in [-0.05, 0) is 38.1 Å². The lowest BCUT2D eigenvalue weighted by atomic mass is 10.1. The third kappa shape index (κ3) is 2.36. The van der Waals surface area contributed by atoms with Gasteiger partial charge in [0, 0.05) is 10.4 Å². The largest absolute Gasteiger partial charge is 0.494 e. The predicted octanol–water partition coefficient (Wildman–Crippen LogP) is 4.17. The summed E-state index contributed by atoms with van der Waals surface area (Å²) >= 11 is 7.38. The summed E-state index contributed by atoms with van der Waals surface area (Å²) in [5.74, 6) is 0.880. The molecule has 0 N–H and O–H groups in total. The van der Waals surface area contributed by atoms with Gasteiger partial charge < -0.3 is 4.74 Å². The highest BCUT2D eigenvalue weighted by molar-refractivity contribution is 7.16. The summed E-state index contributed by atoms with van der Waals surface area (Å²) < 4.78 is 5.97. The fourth-order valence-corrected chi connectivity index (χ4v) is 2.59. The second kappa shape index (κ2) is 4.85. The molecule has 0 unspecified atom stereocenters. The summed E-state index contributed by atoms with van der Waals surface area (Å²) in [7, 11) is 0. The average Bonchev–Trinajstić information content (AvgIpc) is 2.59. The second-order valence-corrected chi connectivity index (χ2v) is 5.11. The molecule has 2 rings (SSSR count). The van der Waals surface area contributed by atoms with Crippen LogP contribution < -0.4 is 4.74 Å². The number of aryl methyl sites for hydroxylation is 1. The molecule has 84 valence electrons. The summed E-state index contributed by atoms with van der Waals surface area (Å²) in [5.41, 5.74) is 2.03. The van der Waals surface area contributed by atoms with Crippen LogP contribution in [0.4, 0.5) is 0 Å². The topological polar surface area (TPSA) is 22.1 Å². The molecule has 1 aromatic heterocycles. The van der Waals surface area contributed by atoms with E-state index in [2.05, 4.69) is 4.98 Å². The SMILES string of the molecule is CCOc1ccc(-c2nc(Cl)sc2C)cc1. The van der Waals surface area contributed by atoms with E-state index in [1.165, 1.54) is 11.3 Å². The van der Waals surface area contributed by atoms with Gasteiger partial charge in [0.2, 0.25) is 0 Å². The smallest absolute Gasteiger partial charge is 0.184 e. The molecule has 0 fully saturated rings. The Hall–Kier alpha value is -1.06. The summed E-state index contributed by atoms with van der Waals surface area (Å²) in [5, 5.41) is 0. The van der Waals surface area contributed by atoms with Crippen molar-refractivity contribution >= 4 is 22.9 Å². The van der Waals surface area contributed by atoms with Crippen LogP contribution in [0, 0.1) is 6.92 Å². The van der Waals surface area contributed by atoms with Crippen molar-refractivity contribution in [1.29, 1.82) is 0 Å². The van der Waals surface area contributed by atoms with Gasteiger partial charge >= 0.3 is 0 Å². The van der Waals surface area contributed by atoms with E-state index in [-0.39, 0.29) is 0 Å². The Bertz CT molecular complexity index is 478. The van der Waals surface area contributed by atoms with Crippen LogP contribution in [-0.2, 0) is 0 Å². The lowest BCUT2D eigenvalue weighted by Gasteiger charge is -2.03. The van der Waals surface area contributed by atoms with Crippen molar-refractivity contribution in [2.45, 2.75) is 13.8 Å². The maximum absolute atomic E-state index is 5.88. The van der Waals surface area contributed by atoms with Crippen molar-refractivity contribution < 1.29 is 4.74 Å². The lowest BCUT2D eigenvalue weighted by Crippen LogP contribution is -1.90. The van der Waals surface area contributed by atoms with Crippen molar-refractivity contribution in [1.82, 2.24) is 4.98 Å². The first-order valence-corrected chi connectivity index (χ1v) is 6.26. The fourth-order valence-electron chi connectivity index (χ4n) is 1.51. The maximum atomic E-state index is 5.88. The maximum Gasteiger partial charge on any atom is 0.184 e. The zero-order valence-electron chi connectivity index (χ0n) is 9.16. The summed E-state index contributed by atoms with van der Waals surface area (Å²) in [6.45, 7) is 4.68. The number of aromatic nitrogens is 1. The van der Waals surface area contributed by atoms with Crippen LogP contribution in [0.5, 0.6) is 5.75 Å². The third-order valence-electron chi connectivity index (χ3n) is 2.21. The Morgan fingerprint density at radius 1 is 1.31 bits per heavy atom. The molecule has 2 aromatic rings. The first kappa shape index (κ1) is 11.4. The second-order valence-electron chi connectivity index (χ2n) is 3.33. The molecule has 4 heteroatoms. The van der Waals surface area contributed by atoms with Gasteiger partial charge in [0.25, 0.3) is 0 Å². The minimum absolute atomic E-state index is 0.585. The van der Waals surface area contributed by atoms with E-state index in [1.54, 1.807) is 0 Å². The molecular weight excluding hydrogens is 242 g/mol. The van der Waals surface area contributed by atoms with Crippen LogP contribution in [0.1, 0.15) is 11.8 Å². The third-order valence-corrected chi connectivity index (χ3v) is 3.28. The van der Waals surface area contributed by atoms with Gasteiger partial charge in [-0.2, -0.15) is 0 Å². The van der Waals surface area contributed by atoms with Crippen LogP contribution in [0.3, 0.4) is 0 Å². The molecular formula is C12H12ClNOS. The number of nitrogens with zero attached hydrogens (tertiary/aromatic N) is 1. The lowest BCUT2D eigenvalue weighted by molar-refractivity contribution is 0.340. The summed E-state index contributed by atoms with van der Waals surface area (Å²) in [6.07, 6.45) is 0. The highest BCUT2D eigenvalue weighted by atomic mass is 35.5. The Labute approximate surface area is 104 Å². The Balaban J connectivity index is 2.31. The van der Waals surface area contributed by atoms with Crippen LogP contribution in [-0.4, -0.2) is 11.6 Å². The van der Waals surface area contributed by atoms with Crippen molar-refractivity contribution in [2.24, 2.45) is 0 Å². The molecule has 0 saturated heterocycles. The van der Waals surface area contributed by atoms with Gasteiger partial charge in [0.05, 0.1) is 12.3 Å². The van der Waals surface area contributed by atoms with E-state index < -0.39 is 0 Å². The van der Waals surface area contributed by atoms with Crippen LogP contribution >= 0.6 is 22.9 Å². The molecule has 0 aliphatic rings. The standard InChI is InChI=1S/C12H12ClNOS/c1-3-15-10-6-4-9(5-7-10)11-8(2)16-12(13)14-11/h4-7H,3H2,1-2H3. The molecule has 0 bridgehead atoms. The van der Waals surface area contributed by atoms with Crippen molar-refractivity contribution in [3.63, 3.8) is 0 Å². The Kier molecular flexibility index (Phi) is 3.46. The van der Waals surface area contributed by atoms with Crippen molar-refractivity contribution in [3.8, 4) is 17.0 Å². The molecule has 0 radical (unpaired) electrons. The van der Waals surface area contributed by atoms with Gasteiger partial charge in [-0.25, -0.2) is 4.98 Å². The number of benzene rings is 1.